The van der Waals surface area contributed by atoms with Gasteiger partial charge in [-0.3, -0.25) is 4.79 Å². The fraction of sp³-hybridized carbons (Fsp3) is 0.100. The molecule has 0 aliphatic rings. The van der Waals surface area contributed by atoms with Crippen molar-refractivity contribution in [2.24, 2.45) is 0 Å². The summed E-state index contributed by atoms with van der Waals surface area (Å²) in [5.74, 6) is -1.74. The predicted octanol–water partition coefficient (Wildman–Crippen LogP) is 4.12. The van der Waals surface area contributed by atoms with Crippen LogP contribution in [0.4, 0.5) is 18.9 Å². The molecule has 4 aromatic rings. The lowest BCUT2D eigenvalue weighted by atomic mass is 10.2. The average Bonchev–Trinajstić information content (AvgIpc) is 3.38. The van der Waals surface area contributed by atoms with Crippen molar-refractivity contribution in [3.05, 3.63) is 78.7 Å². The molecule has 30 heavy (non-hydrogen) atoms. The maximum absolute atomic E-state index is 12.6. The minimum atomic E-state index is -4.69. The third kappa shape index (κ3) is 4.37. The largest absolute Gasteiger partial charge is 0.471 e. The molecular weight excluding hydrogens is 399 g/mol. The van der Waals surface area contributed by atoms with Gasteiger partial charge in [-0.2, -0.15) is 18.2 Å². The molecule has 10 heteroatoms. The maximum atomic E-state index is 12.6. The van der Waals surface area contributed by atoms with Gasteiger partial charge in [-0.05, 0) is 36.4 Å². The van der Waals surface area contributed by atoms with Crippen molar-refractivity contribution in [3.63, 3.8) is 0 Å². The first-order valence-corrected chi connectivity index (χ1v) is 8.78. The summed E-state index contributed by atoms with van der Waals surface area (Å²) < 4.78 is 43.7. The summed E-state index contributed by atoms with van der Waals surface area (Å²) in [6.45, 7) is 0. The number of halogens is 3. The van der Waals surface area contributed by atoms with Gasteiger partial charge in [0.1, 0.15) is 0 Å². The van der Waals surface area contributed by atoms with E-state index in [0.29, 0.717) is 22.6 Å². The molecule has 0 bridgehead atoms. The highest BCUT2D eigenvalue weighted by Gasteiger charge is 2.38. The van der Waals surface area contributed by atoms with Crippen molar-refractivity contribution in [2.75, 3.05) is 5.32 Å². The molecule has 0 radical (unpaired) electrons. The molecule has 0 unspecified atom stereocenters. The first-order valence-electron chi connectivity index (χ1n) is 8.78. The zero-order valence-corrected chi connectivity index (χ0v) is 15.3. The minimum Gasteiger partial charge on any atom is -0.329 e. The summed E-state index contributed by atoms with van der Waals surface area (Å²) in [5, 5.41) is 6.14. The number of benzene rings is 2. The van der Waals surface area contributed by atoms with Crippen LogP contribution in [0, 0.1) is 0 Å². The summed E-state index contributed by atoms with van der Waals surface area (Å²) in [6.07, 6.45) is -1.33. The summed E-state index contributed by atoms with van der Waals surface area (Å²) >= 11 is 0. The summed E-state index contributed by atoms with van der Waals surface area (Å²) in [6, 6.07) is 15.6. The Morgan fingerprint density at radius 3 is 2.47 bits per heavy atom. The van der Waals surface area contributed by atoms with Crippen LogP contribution in [0.15, 0.2) is 71.6 Å². The van der Waals surface area contributed by atoms with Gasteiger partial charge in [0, 0.05) is 23.1 Å². The topological polar surface area (TPSA) is 85.8 Å². The number of aromatic nitrogens is 4. The maximum Gasteiger partial charge on any atom is 0.471 e. The Kier molecular flexibility index (Phi) is 5.05. The van der Waals surface area contributed by atoms with Crippen LogP contribution in [0.5, 0.6) is 0 Å². The van der Waals surface area contributed by atoms with Crippen LogP contribution in [0.2, 0.25) is 0 Å². The van der Waals surface area contributed by atoms with Gasteiger partial charge in [-0.15, -0.1) is 0 Å². The van der Waals surface area contributed by atoms with Crippen LogP contribution in [0.1, 0.15) is 11.6 Å². The van der Waals surface area contributed by atoms with Crippen LogP contribution < -0.4 is 5.32 Å². The van der Waals surface area contributed by atoms with Gasteiger partial charge in [0.2, 0.25) is 11.7 Å². The second kappa shape index (κ2) is 7.82. The predicted molar refractivity (Wildman–Crippen MR) is 101 cm³/mol. The van der Waals surface area contributed by atoms with Crippen molar-refractivity contribution in [1.82, 2.24) is 19.7 Å². The Morgan fingerprint density at radius 1 is 1.07 bits per heavy atom. The SMILES string of the molecule is O=C(Cc1cn(-c2ccc(-c3noc(C(F)(F)F)n3)cc2)cn1)Nc1ccccc1. The first kappa shape index (κ1) is 19.4. The molecule has 0 aliphatic heterocycles. The molecule has 152 valence electrons. The lowest BCUT2D eigenvalue weighted by Gasteiger charge is -2.04. The molecular formula is C20H14F3N5O2. The van der Waals surface area contributed by atoms with Crippen LogP contribution >= 0.6 is 0 Å². The van der Waals surface area contributed by atoms with Crippen molar-refractivity contribution < 1.29 is 22.5 Å². The number of carbonyl (C=O) groups is 1. The van der Waals surface area contributed by atoms with E-state index in [1.54, 1.807) is 53.5 Å². The number of carbonyl (C=O) groups excluding carboxylic acids is 1. The zero-order chi connectivity index (χ0) is 21.1. The number of rotatable bonds is 5. The fourth-order valence-electron chi connectivity index (χ4n) is 2.73. The van der Waals surface area contributed by atoms with E-state index in [9.17, 15) is 18.0 Å². The number of nitrogens with one attached hydrogen (secondary N) is 1. The van der Waals surface area contributed by atoms with Crippen LogP contribution in [-0.4, -0.2) is 25.6 Å². The van der Waals surface area contributed by atoms with Gasteiger partial charge in [-0.25, -0.2) is 4.98 Å². The molecule has 2 heterocycles. The number of hydrogen-bond acceptors (Lipinski definition) is 5. The van der Waals surface area contributed by atoms with Gasteiger partial charge >= 0.3 is 12.1 Å². The van der Waals surface area contributed by atoms with Gasteiger partial charge in [0.15, 0.2) is 0 Å². The van der Waals surface area contributed by atoms with Gasteiger partial charge in [0.05, 0.1) is 18.4 Å². The third-order valence-electron chi connectivity index (χ3n) is 4.13. The molecule has 0 fully saturated rings. The number of imidazole rings is 1. The molecule has 0 aliphatic carbocycles. The standard InChI is InChI=1S/C20H14F3N5O2/c21-20(22,23)19-26-18(27-30-19)13-6-8-16(9-7-13)28-11-15(24-12-28)10-17(29)25-14-4-2-1-3-5-14/h1-9,11-12H,10H2,(H,25,29). The number of para-hydroxylation sites is 1. The Labute approximate surface area is 168 Å². The molecule has 7 nitrogen and oxygen atoms in total. The van der Waals surface area contributed by atoms with Crippen molar-refractivity contribution in [1.29, 1.82) is 0 Å². The Hall–Kier alpha value is -3.95. The Bertz CT molecular complexity index is 1150. The molecule has 0 saturated heterocycles. The van der Waals surface area contributed by atoms with Gasteiger partial charge in [-0.1, -0.05) is 23.4 Å². The lowest BCUT2D eigenvalue weighted by molar-refractivity contribution is -0.159. The van der Waals surface area contributed by atoms with E-state index in [-0.39, 0.29) is 18.2 Å². The van der Waals surface area contributed by atoms with E-state index in [1.165, 1.54) is 0 Å². The highest BCUT2D eigenvalue weighted by molar-refractivity contribution is 5.91. The van der Waals surface area contributed by atoms with Gasteiger partial charge < -0.3 is 14.4 Å². The highest BCUT2D eigenvalue weighted by Crippen LogP contribution is 2.29. The third-order valence-corrected chi connectivity index (χ3v) is 4.13. The van der Waals surface area contributed by atoms with E-state index in [4.69, 9.17) is 0 Å². The van der Waals surface area contributed by atoms with Crippen molar-refractivity contribution in [3.8, 4) is 17.1 Å². The molecule has 2 aromatic heterocycles. The number of amides is 1. The lowest BCUT2D eigenvalue weighted by Crippen LogP contribution is -2.14. The number of nitrogens with zero attached hydrogens (tertiary/aromatic N) is 4. The monoisotopic (exact) mass is 413 g/mol. The van der Waals surface area contributed by atoms with Crippen LogP contribution in [0.25, 0.3) is 17.1 Å². The fourth-order valence-corrected chi connectivity index (χ4v) is 2.73. The van der Waals surface area contributed by atoms with Crippen LogP contribution in [-0.2, 0) is 17.4 Å². The highest BCUT2D eigenvalue weighted by atomic mass is 19.4. The molecule has 1 amide bonds. The summed E-state index contributed by atoms with van der Waals surface area (Å²) in [5.41, 5.74) is 2.36. The van der Waals surface area contributed by atoms with Gasteiger partial charge in [0.25, 0.3) is 0 Å². The molecule has 0 spiro atoms. The normalized spacial score (nSPS) is 11.4. The molecule has 4 rings (SSSR count). The molecule has 0 saturated carbocycles. The second-order valence-electron chi connectivity index (χ2n) is 6.33. The summed E-state index contributed by atoms with van der Waals surface area (Å²) in [7, 11) is 0. The quantitative estimate of drug-likeness (QED) is 0.532. The minimum absolute atomic E-state index is 0.100. The van der Waals surface area contributed by atoms with E-state index in [2.05, 4.69) is 25.0 Å². The average molecular weight is 413 g/mol. The van der Waals surface area contributed by atoms with Crippen molar-refractivity contribution >= 4 is 11.6 Å². The number of alkyl halides is 3. The van der Waals surface area contributed by atoms with Crippen molar-refractivity contribution in [2.45, 2.75) is 12.6 Å². The zero-order valence-electron chi connectivity index (χ0n) is 15.3. The molecule has 1 N–H and O–H groups in total. The second-order valence-corrected chi connectivity index (χ2v) is 6.33. The van der Waals surface area contributed by atoms with E-state index < -0.39 is 12.1 Å². The summed E-state index contributed by atoms with van der Waals surface area (Å²) in [4.78, 5) is 19.7. The smallest absolute Gasteiger partial charge is 0.329 e. The van der Waals surface area contributed by atoms with E-state index in [1.807, 2.05) is 18.2 Å². The number of hydrogen-bond donors (Lipinski definition) is 1. The van der Waals surface area contributed by atoms with E-state index in [0.717, 1.165) is 0 Å². The Balaban J connectivity index is 1.43. The molecule has 0 atom stereocenters. The van der Waals surface area contributed by atoms with E-state index >= 15 is 0 Å². The first-order chi connectivity index (χ1) is 14.4. The molecule has 2 aromatic carbocycles. The Morgan fingerprint density at radius 2 is 1.80 bits per heavy atom. The number of anilines is 1. The van der Waals surface area contributed by atoms with Crippen LogP contribution in [0.3, 0.4) is 0 Å².